The van der Waals surface area contributed by atoms with E-state index in [1.54, 1.807) is 7.11 Å². The van der Waals surface area contributed by atoms with E-state index in [0.717, 1.165) is 43.7 Å². The van der Waals surface area contributed by atoms with Crippen LogP contribution in [-0.2, 0) is 4.74 Å². The summed E-state index contributed by atoms with van der Waals surface area (Å²) < 4.78 is 5.00. The number of nitrogens with one attached hydrogen (secondary N) is 1. The third-order valence-corrected chi connectivity index (χ3v) is 2.91. The Hall–Kier alpha value is -1.57. The first-order valence-corrected chi connectivity index (χ1v) is 6.65. The first-order chi connectivity index (χ1) is 9.27. The van der Waals surface area contributed by atoms with Crippen molar-refractivity contribution in [1.82, 2.24) is 0 Å². The number of anilines is 1. The fourth-order valence-corrected chi connectivity index (χ4v) is 1.84. The van der Waals surface area contributed by atoms with Crippen molar-refractivity contribution in [2.75, 3.05) is 25.6 Å². The van der Waals surface area contributed by atoms with E-state index in [1.807, 2.05) is 30.3 Å². The van der Waals surface area contributed by atoms with Crippen molar-refractivity contribution in [2.45, 2.75) is 31.8 Å². The third kappa shape index (κ3) is 6.23. The summed E-state index contributed by atoms with van der Waals surface area (Å²) in [6.45, 7) is 1.72. The number of nitrogens with zero attached hydrogens (tertiary/aromatic N) is 1. The van der Waals surface area contributed by atoms with E-state index in [0.29, 0.717) is 0 Å². The fraction of sp³-hybridized carbons (Fsp3) is 0.533. The Kier molecular flexibility index (Phi) is 7.64. The topological polar surface area (TPSA) is 65.3 Å². The molecule has 1 aromatic rings. The zero-order valence-electron chi connectivity index (χ0n) is 11.4. The van der Waals surface area contributed by atoms with Crippen LogP contribution in [0.1, 0.15) is 37.4 Å². The molecule has 4 heteroatoms. The van der Waals surface area contributed by atoms with Gasteiger partial charge in [-0.25, -0.2) is 0 Å². The summed E-state index contributed by atoms with van der Waals surface area (Å²) in [5.41, 5.74) is 1.77. The fourth-order valence-electron chi connectivity index (χ4n) is 1.84. The minimum Gasteiger partial charge on any atom is -0.387 e. The van der Waals surface area contributed by atoms with Crippen LogP contribution >= 0.6 is 0 Å². The number of hydrogen-bond acceptors (Lipinski definition) is 4. The Bertz CT molecular complexity index is 401. The lowest BCUT2D eigenvalue weighted by Gasteiger charge is -2.11. The summed E-state index contributed by atoms with van der Waals surface area (Å²) in [5.74, 6) is 0. The van der Waals surface area contributed by atoms with Crippen molar-refractivity contribution >= 4 is 5.69 Å². The van der Waals surface area contributed by atoms with E-state index in [4.69, 9.17) is 10.00 Å². The Morgan fingerprint density at radius 1 is 1.37 bits per heavy atom. The molecule has 4 nitrogen and oxygen atoms in total. The van der Waals surface area contributed by atoms with Crippen LogP contribution in [0.15, 0.2) is 24.3 Å². The SMILES string of the molecule is COCCCCCNc1cccc(C(O)CC#N)c1. The molecule has 0 bridgehead atoms. The summed E-state index contributed by atoms with van der Waals surface area (Å²) in [4.78, 5) is 0. The van der Waals surface area contributed by atoms with Crippen LogP contribution < -0.4 is 5.32 Å². The van der Waals surface area contributed by atoms with Gasteiger partial charge in [-0.05, 0) is 37.0 Å². The number of ether oxygens (including phenoxy) is 1. The number of aliphatic hydroxyl groups is 1. The van der Waals surface area contributed by atoms with Gasteiger partial charge in [-0.1, -0.05) is 12.1 Å². The van der Waals surface area contributed by atoms with Gasteiger partial charge in [0.2, 0.25) is 0 Å². The van der Waals surface area contributed by atoms with Gasteiger partial charge in [0.1, 0.15) is 0 Å². The van der Waals surface area contributed by atoms with Gasteiger partial charge in [-0.3, -0.25) is 0 Å². The van der Waals surface area contributed by atoms with E-state index < -0.39 is 6.10 Å². The maximum absolute atomic E-state index is 9.75. The zero-order chi connectivity index (χ0) is 13.9. The summed E-state index contributed by atoms with van der Waals surface area (Å²) in [6, 6.07) is 9.58. The van der Waals surface area contributed by atoms with Gasteiger partial charge < -0.3 is 15.2 Å². The maximum Gasteiger partial charge on any atom is 0.0920 e. The summed E-state index contributed by atoms with van der Waals surface area (Å²) in [5, 5.41) is 21.6. The lowest BCUT2D eigenvalue weighted by Crippen LogP contribution is -2.03. The number of unbranched alkanes of at least 4 members (excludes halogenated alkanes) is 2. The molecule has 0 fully saturated rings. The molecule has 0 aliphatic heterocycles. The van der Waals surface area contributed by atoms with Crippen molar-refractivity contribution in [3.8, 4) is 6.07 Å². The number of methoxy groups -OCH3 is 1. The predicted molar refractivity (Wildman–Crippen MR) is 75.8 cm³/mol. The second-order valence-electron chi connectivity index (χ2n) is 4.48. The summed E-state index contributed by atoms with van der Waals surface area (Å²) >= 11 is 0. The molecule has 1 rings (SSSR count). The van der Waals surface area contributed by atoms with Gasteiger partial charge in [0.25, 0.3) is 0 Å². The monoisotopic (exact) mass is 262 g/mol. The normalized spacial score (nSPS) is 11.8. The molecule has 0 aliphatic rings. The lowest BCUT2D eigenvalue weighted by atomic mass is 10.1. The first kappa shape index (κ1) is 15.5. The molecular formula is C15H22N2O2. The minimum absolute atomic E-state index is 0.125. The number of nitriles is 1. The van der Waals surface area contributed by atoms with E-state index in [9.17, 15) is 5.11 Å². The molecular weight excluding hydrogens is 240 g/mol. The molecule has 0 spiro atoms. The largest absolute Gasteiger partial charge is 0.387 e. The highest BCUT2D eigenvalue weighted by molar-refractivity contribution is 5.46. The quantitative estimate of drug-likeness (QED) is 0.672. The smallest absolute Gasteiger partial charge is 0.0920 e. The van der Waals surface area contributed by atoms with Gasteiger partial charge in [0, 0.05) is 25.9 Å². The average molecular weight is 262 g/mol. The standard InChI is InChI=1S/C15H22N2O2/c1-19-11-4-2-3-10-17-14-7-5-6-13(12-14)15(18)8-9-16/h5-7,12,15,17-18H,2-4,8,10-11H2,1H3. The van der Waals surface area contributed by atoms with Crippen LogP contribution in [0.3, 0.4) is 0 Å². The summed E-state index contributed by atoms with van der Waals surface area (Å²) in [7, 11) is 1.72. The molecule has 0 aliphatic carbocycles. The predicted octanol–water partition coefficient (Wildman–Crippen LogP) is 2.86. The Balaban J connectivity index is 2.34. The first-order valence-electron chi connectivity index (χ1n) is 6.65. The van der Waals surface area contributed by atoms with E-state index in [2.05, 4.69) is 5.32 Å². The summed E-state index contributed by atoms with van der Waals surface area (Å²) in [6.07, 6.45) is 2.74. The molecule has 0 radical (unpaired) electrons. The average Bonchev–Trinajstić information content (AvgIpc) is 2.43. The highest BCUT2D eigenvalue weighted by atomic mass is 16.5. The highest BCUT2D eigenvalue weighted by Gasteiger charge is 2.06. The minimum atomic E-state index is -0.701. The molecule has 0 saturated carbocycles. The third-order valence-electron chi connectivity index (χ3n) is 2.91. The van der Waals surface area contributed by atoms with Crippen LogP contribution in [0.25, 0.3) is 0 Å². The van der Waals surface area contributed by atoms with Crippen LogP contribution in [0.5, 0.6) is 0 Å². The molecule has 1 aromatic carbocycles. The molecule has 0 heterocycles. The molecule has 1 unspecified atom stereocenters. The molecule has 2 N–H and O–H groups in total. The van der Waals surface area contributed by atoms with Gasteiger partial charge in [0.05, 0.1) is 18.6 Å². The Morgan fingerprint density at radius 3 is 2.95 bits per heavy atom. The number of rotatable bonds is 9. The molecule has 104 valence electrons. The van der Waals surface area contributed by atoms with Crippen molar-refractivity contribution in [2.24, 2.45) is 0 Å². The Morgan fingerprint density at radius 2 is 2.21 bits per heavy atom. The van der Waals surface area contributed by atoms with Crippen molar-refractivity contribution in [3.05, 3.63) is 29.8 Å². The molecule has 0 aromatic heterocycles. The van der Waals surface area contributed by atoms with Crippen molar-refractivity contribution < 1.29 is 9.84 Å². The molecule has 0 saturated heterocycles. The molecule has 1 atom stereocenters. The van der Waals surface area contributed by atoms with Gasteiger partial charge in [-0.2, -0.15) is 5.26 Å². The van der Waals surface area contributed by atoms with Crippen LogP contribution in [-0.4, -0.2) is 25.4 Å². The zero-order valence-corrected chi connectivity index (χ0v) is 11.4. The molecule has 19 heavy (non-hydrogen) atoms. The lowest BCUT2D eigenvalue weighted by molar-refractivity contribution is 0.183. The highest BCUT2D eigenvalue weighted by Crippen LogP contribution is 2.19. The van der Waals surface area contributed by atoms with E-state index >= 15 is 0 Å². The van der Waals surface area contributed by atoms with Gasteiger partial charge in [0.15, 0.2) is 0 Å². The number of hydrogen-bond donors (Lipinski definition) is 2. The van der Waals surface area contributed by atoms with Crippen molar-refractivity contribution in [3.63, 3.8) is 0 Å². The molecule has 0 amide bonds. The van der Waals surface area contributed by atoms with Crippen LogP contribution in [0.4, 0.5) is 5.69 Å². The maximum atomic E-state index is 9.75. The van der Waals surface area contributed by atoms with Crippen molar-refractivity contribution in [1.29, 1.82) is 5.26 Å². The van der Waals surface area contributed by atoms with Crippen LogP contribution in [0, 0.1) is 11.3 Å². The number of benzene rings is 1. The van der Waals surface area contributed by atoms with Crippen LogP contribution in [0.2, 0.25) is 0 Å². The van der Waals surface area contributed by atoms with E-state index in [-0.39, 0.29) is 6.42 Å². The second-order valence-corrected chi connectivity index (χ2v) is 4.48. The Labute approximate surface area is 115 Å². The second kappa shape index (κ2) is 9.37. The van der Waals surface area contributed by atoms with Gasteiger partial charge in [-0.15, -0.1) is 0 Å². The van der Waals surface area contributed by atoms with E-state index in [1.165, 1.54) is 0 Å². The van der Waals surface area contributed by atoms with Gasteiger partial charge >= 0.3 is 0 Å². The number of aliphatic hydroxyl groups excluding tert-OH is 1.